The van der Waals surface area contributed by atoms with E-state index in [1.807, 2.05) is 72.8 Å². The van der Waals surface area contributed by atoms with Crippen molar-refractivity contribution in [1.82, 2.24) is 15.0 Å². The molecule has 0 aliphatic heterocycles. The van der Waals surface area contributed by atoms with Crippen molar-refractivity contribution in [2.45, 2.75) is 0 Å². The van der Waals surface area contributed by atoms with Gasteiger partial charge in [-0.2, -0.15) is 0 Å². The number of para-hydroxylation sites is 4. The molecule has 0 atom stereocenters. The van der Waals surface area contributed by atoms with Gasteiger partial charge in [-0.1, -0.05) is 121 Å². The Balaban J connectivity index is 0.883. The lowest BCUT2D eigenvalue weighted by molar-refractivity contribution is 0.656. The van der Waals surface area contributed by atoms with E-state index in [1.165, 1.54) is 0 Å². The number of aromatic nitrogens is 3. The van der Waals surface area contributed by atoms with Crippen LogP contribution in [-0.4, -0.2) is 15.0 Å². The molecule has 64 heavy (non-hydrogen) atoms. The van der Waals surface area contributed by atoms with E-state index < -0.39 is 0 Å². The van der Waals surface area contributed by atoms with Crippen molar-refractivity contribution >= 4 is 87.8 Å². The lowest BCUT2D eigenvalue weighted by Crippen LogP contribution is -2.00. The van der Waals surface area contributed by atoms with E-state index in [-0.39, 0.29) is 0 Å². The van der Waals surface area contributed by atoms with Crippen LogP contribution in [0.5, 0.6) is 0 Å². The van der Waals surface area contributed by atoms with Crippen LogP contribution >= 0.6 is 0 Å². The first-order chi connectivity index (χ1) is 31.6. The van der Waals surface area contributed by atoms with Crippen molar-refractivity contribution in [3.8, 4) is 56.4 Å². The van der Waals surface area contributed by atoms with E-state index in [0.717, 1.165) is 127 Å². The third-order valence-electron chi connectivity index (χ3n) is 12.5. The maximum atomic E-state index is 6.64. The van der Waals surface area contributed by atoms with Gasteiger partial charge in [0.1, 0.15) is 44.7 Å². The molecule has 5 aromatic heterocycles. The molecule has 14 rings (SSSR count). The average molecular weight is 822 g/mol. The van der Waals surface area contributed by atoms with E-state index in [9.17, 15) is 0 Å². The molecule has 0 spiro atoms. The van der Waals surface area contributed by atoms with Crippen molar-refractivity contribution in [2.75, 3.05) is 0 Å². The minimum absolute atomic E-state index is 0.541. The van der Waals surface area contributed by atoms with E-state index in [2.05, 4.69) is 115 Å². The van der Waals surface area contributed by atoms with Crippen LogP contribution < -0.4 is 0 Å². The fourth-order valence-electron chi connectivity index (χ4n) is 9.44. The number of benzene rings is 9. The lowest BCUT2D eigenvalue weighted by atomic mass is 9.96. The molecule has 0 unspecified atom stereocenters. The van der Waals surface area contributed by atoms with Crippen molar-refractivity contribution in [3.05, 3.63) is 188 Å². The quantitative estimate of drug-likeness (QED) is 0.171. The van der Waals surface area contributed by atoms with Crippen molar-refractivity contribution in [2.24, 2.45) is 0 Å². The molecule has 0 radical (unpaired) electrons. The van der Waals surface area contributed by atoms with E-state index >= 15 is 0 Å². The maximum Gasteiger partial charge on any atom is 0.164 e. The Labute approximate surface area is 363 Å². The SMILES string of the molecule is c1cc(-c2cccc(-c3cccc4c3oc3cc5oc6ccccc6c5cc34)c2)cc(-c2nc(-c3ccc4c(c3)oc3ccccc34)nc(-c3ccc4c(c3)oc3ccccc34)n2)c1. The highest BCUT2D eigenvalue weighted by Crippen LogP contribution is 2.41. The molecule has 7 heteroatoms. The molecule has 0 aliphatic carbocycles. The number of hydrogen-bond donors (Lipinski definition) is 0. The smallest absolute Gasteiger partial charge is 0.164 e. The van der Waals surface area contributed by atoms with Crippen LogP contribution in [0.4, 0.5) is 0 Å². The van der Waals surface area contributed by atoms with Gasteiger partial charge in [-0.25, -0.2) is 15.0 Å². The first-order valence-corrected chi connectivity index (χ1v) is 21.2. The minimum Gasteiger partial charge on any atom is -0.456 e. The van der Waals surface area contributed by atoms with Crippen LogP contribution in [0, 0.1) is 0 Å². The monoisotopic (exact) mass is 821 g/mol. The molecule has 0 bridgehead atoms. The largest absolute Gasteiger partial charge is 0.456 e. The van der Waals surface area contributed by atoms with Gasteiger partial charge in [-0.05, 0) is 77.4 Å². The van der Waals surface area contributed by atoms with Gasteiger partial charge >= 0.3 is 0 Å². The highest BCUT2D eigenvalue weighted by molar-refractivity contribution is 6.17. The molecular weight excluding hydrogens is 791 g/mol. The number of fused-ring (bicyclic) bond motifs is 12. The summed E-state index contributed by atoms with van der Waals surface area (Å²) in [6, 6.07) is 64.2. The second-order valence-corrected chi connectivity index (χ2v) is 16.3. The van der Waals surface area contributed by atoms with Gasteiger partial charge in [-0.15, -0.1) is 0 Å². The second-order valence-electron chi connectivity index (χ2n) is 16.3. The van der Waals surface area contributed by atoms with Crippen LogP contribution in [0.3, 0.4) is 0 Å². The molecule has 0 saturated carbocycles. The van der Waals surface area contributed by atoms with Crippen LogP contribution in [0.1, 0.15) is 0 Å². The van der Waals surface area contributed by atoms with Crippen LogP contribution in [0.25, 0.3) is 144 Å². The zero-order chi connectivity index (χ0) is 41.9. The summed E-state index contributed by atoms with van der Waals surface area (Å²) in [5.74, 6) is 1.64. The molecular formula is C57H31N3O4. The summed E-state index contributed by atoms with van der Waals surface area (Å²) in [5.41, 5.74) is 13.2. The van der Waals surface area contributed by atoms with Gasteiger partial charge in [0.2, 0.25) is 0 Å². The summed E-state index contributed by atoms with van der Waals surface area (Å²) < 4.78 is 25.5. The average Bonchev–Trinajstić information content (AvgIpc) is 4.12. The molecule has 0 aliphatic rings. The highest BCUT2D eigenvalue weighted by Gasteiger charge is 2.19. The molecule has 0 fully saturated rings. The Morgan fingerprint density at radius 2 is 0.641 bits per heavy atom. The Bertz CT molecular complexity index is 4090. The zero-order valence-electron chi connectivity index (χ0n) is 33.9. The summed E-state index contributed by atoms with van der Waals surface area (Å²) in [5, 5.41) is 8.52. The number of rotatable bonds is 5. The molecule has 0 N–H and O–H groups in total. The van der Waals surface area contributed by atoms with E-state index in [0.29, 0.717) is 17.5 Å². The fourth-order valence-corrected chi connectivity index (χ4v) is 9.44. The zero-order valence-corrected chi connectivity index (χ0v) is 33.9. The third-order valence-corrected chi connectivity index (χ3v) is 12.5. The predicted molar refractivity (Wildman–Crippen MR) is 256 cm³/mol. The Kier molecular flexibility index (Phi) is 7.27. The van der Waals surface area contributed by atoms with Gasteiger partial charge in [0, 0.05) is 71.4 Å². The van der Waals surface area contributed by atoms with E-state index in [4.69, 9.17) is 32.6 Å². The van der Waals surface area contributed by atoms with Crippen LogP contribution in [-0.2, 0) is 0 Å². The maximum absolute atomic E-state index is 6.64. The van der Waals surface area contributed by atoms with Crippen LogP contribution in [0.2, 0.25) is 0 Å². The number of hydrogen-bond acceptors (Lipinski definition) is 7. The topological polar surface area (TPSA) is 91.2 Å². The summed E-state index contributed by atoms with van der Waals surface area (Å²) in [6.45, 7) is 0. The molecule has 14 aromatic rings. The molecule has 7 nitrogen and oxygen atoms in total. The van der Waals surface area contributed by atoms with E-state index in [1.54, 1.807) is 0 Å². The van der Waals surface area contributed by atoms with Crippen molar-refractivity contribution in [1.29, 1.82) is 0 Å². The van der Waals surface area contributed by atoms with Gasteiger partial charge in [-0.3, -0.25) is 0 Å². The number of furan rings is 4. The van der Waals surface area contributed by atoms with Gasteiger partial charge in [0.15, 0.2) is 17.5 Å². The summed E-state index contributed by atoms with van der Waals surface area (Å²) in [7, 11) is 0. The predicted octanol–water partition coefficient (Wildman–Crippen LogP) is 15.8. The molecule has 5 heterocycles. The number of nitrogens with zero attached hydrogens (tertiary/aromatic N) is 3. The molecule has 0 amide bonds. The first-order valence-electron chi connectivity index (χ1n) is 21.2. The minimum atomic E-state index is 0.541. The van der Waals surface area contributed by atoms with Gasteiger partial charge in [0.05, 0.1) is 0 Å². The lowest BCUT2D eigenvalue weighted by Gasteiger charge is -2.11. The fraction of sp³-hybridized carbons (Fsp3) is 0. The Morgan fingerprint density at radius 3 is 1.23 bits per heavy atom. The molecule has 9 aromatic carbocycles. The van der Waals surface area contributed by atoms with Crippen molar-refractivity contribution in [3.63, 3.8) is 0 Å². The summed E-state index contributed by atoms with van der Waals surface area (Å²) in [4.78, 5) is 15.4. The first kappa shape index (κ1) is 34.9. The summed E-state index contributed by atoms with van der Waals surface area (Å²) in [6.07, 6.45) is 0. The third kappa shape index (κ3) is 5.37. The van der Waals surface area contributed by atoms with Crippen molar-refractivity contribution < 1.29 is 17.7 Å². The highest BCUT2D eigenvalue weighted by atomic mass is 16.3. The van der Waals surface area contributed by atoms with Gasteiger partial charge in [0.25, 0.3) is 0 Å². The normalized spacial score (nSPS) is 12.1. The standard InChI is InChI=1S/C57H31N3O4/c1-4-19-47-39(14-1)42-24-22-36(28-50(42)61-47)56-58-55(59-57(60-56)37-23-25-43-40-15-2-5-20-48(40)62-51(43)29-37)35-13-8-11-33(27-35)32-10-7-12-34(26-32)38-17-9-18-44-46-30-45-41-16-3-6-21-49(41)63-52(45)31-53(46)64-54(38)44/h1-31H. The van der Waals surface area contributed by atoms with Crippen LogP contribution in [0.15, 0.2) is 206 Å². The molecule has 0 saturated heterocycles. The Hall–Kier alpha value is -8.81. The molecule has 298 valence electrons. The summed E-state index contributed by atoms with van der Waals surface area (Å²) >= 11 is 0. The Morgan fingerprint density at radius 1 is 0.234 bits per heavy atom. The van der Waals surface area contributed by atoms with Gasteiger partial charge < -0.3 is 17.7 Å². The second kappa shape index (κ2) is 13.3.